The average molecular weight is 516 g/mol. The van der Waals surface area contributed by atoms with Crippen LogP contribution in [0.2, 0.25) is 0 Å². The van der Waals surface area contributed by atoms with Gasteiger partial charge in [-0.15, -0.1) is 11.3 Å². The molecule has 0 spiro atoms. The highest BCUT2D eigenvalue weighted by atomic mass is 32.1. The molecular formula is C24H20F3N5O3S. The van der Waals surface area contributed by atoms with Crippen molar-refractivity contribution < 1.29 is 27.6 Å². The first-order valence-electron chi connectivity index (χ1n) is 11.1. The number of aromatic nitrogens is 1. The molecular weight excluding hydrogens is 495 g/mol. The number of nitrogens with one attached hydrogen (secondary N) is 2. The Kier molecular flexibility index (Phi) is 5.91. The number of nitrogens with zero attached hydrogens (tertiary/aromatic N) is 3. The molecule has 1 unspecified atom stereocenters. The van der Waals surface area contributed by atoms with Crippen LogP contribution < -0.4 is 15.5 Å². The van der Waals surface area contributed by atoms with E-state index in [2.05, 4.69) is 22.2 Å². The largest absolute Gasteiger partial charge is 0.416 e. The van der Waals surface area contributed by atoms with Crippen molar-refractivity contribution in [3.63, 3.8) is 0 Å². The number of amides is 4. The number of carbonyl (C=O) groups is 3. The molecule has 2 aromatic heterocycles. The molecule has 36 heavy (non-hydrogen) atoms. The van der Waals surface area contributed by atoms with Crippen molar-refractivity contribution in [3.8, 4) is 0 Å². The van der Waals surface area contributed by atoms with Gasteiger partial charge in [-0.1, -0.05) is 12.6 Å². The van der Waals surface area contributed by atoms with E-state index in [1.807, 2.05) is 0 Å². The summed E-state index contributed by atoms with van der Waals surface area (Å²) in [6.45, 7) is 4.43. The molecule has 5 rings (SSSR count). The second kappa shape index (κ2) is 8.94. The predicted molar refractivity (Wildman–Crippen MR) is 129 cm³/mol. The first-order valence-corrected chi connectivity index (χ1v) is 11.9. The second-order valence-corrected chi connectivity index (χ2v) is 9.43. The fraction of sp³-hybridized carbons (Fsp3) is 0.250. The van der Waals surface area contributed by atoms with Crippen LogP contribution in [0.3, 0.4) is 0 Å². The number of carbonyl (C=O) groups excluding carboxylic acids is 3. The van der Waals surface area contributed by atoms with Crippen LogP contribution in [-0.4, -0.2) is 46.9 Å². The van der Waals surface area contributed by atoms with Crippen molar-refractivity contribution in [2.45, 2.75) is 25.1 Å². The van der Waals surface area contributed by atoms with Crippen LogP contribution in [0, 0.1) is 0 Å². The topological polar surface area (TPSA) is 94.6 Å². The third-order valence-electron chi connectivity index (χ3n) is 6.13. The van der Waals surface area contributed by atoms with Gasteiger partial charge in [-0.25, -0.2) is 9.78 Å². The molecule has 1 saturated heterocycles. The lowest BCUT2D eigenvalue weighted by Gasteiger charge is -2.32. The summed E-state index contributed by atoms with van der Waals surface area (Å²) < 4.78 is 39.8. The van der Waals surface area contributed by atoms with E-state index < -0.39 is 23.7 Å². The van der Waals surface area contributed by atoms with Gasteiger partial charge in [-0.05, 0) is 43.2 Å². The summed E-state index contributed by atoms with van der Waals surface area (Å²) in [6.07, 6.45) is -0.484. The zero-order valence-corrected chi connectivity index (χ0v) is 19.6. The van der Waals surface area contributed by atoms with Gasteiger partial charge in [0.05, 0.1) is 28.0 Å². The lowest BCUT2D eigenvalue weighted by atomic mass is 10.1. The third kappa shape index (κ3) is 4.17. The Morgan fingerprint density at radius 1 is 1.28 bits per heavy atom. The number of hydrogen-bond donors (Lipinski definition) is 2. The average Bonchev–Trinajstić information content (AvgIpc) is 3.23. The molecule has 4 amide bonds. The van der Waals surface area contributed by atoms with E-state index in [-0.39, 0.29) is 28.2 Å². The fourth-order valence-electron chi connectivity index (χ4n) is 4.50. The highest BCUT2D eigenvalue weighted by Gasteiger charge is 2.35. The molecule has 0 saturated carbocycles. The lowest BCUT2D eigenvalue weighted by molar-refractivity contribution is -0.137. The van der Waals surface area contributed by atoms with E-state index in [9.17, 15) is 27.6 Å². The Bertz CT molecular complexity index is 1400. The monoisotopic (exact) mass is 515 g/mol. The normalized spacial score (nSPS) is 17.6. The minimum Gasteiger partial charge on any atom is -0.347 e. The summed E-state index contributed by atoms with van der Waals surface area (Å²) in [5.74, 6) is -0.633. The van der Waals surface area contributed by atoms with Crippen LogP contribution in [0.1, 0.15) is 28.1 Å². The predicted octanol–water partition coefficient (Wildman–Crippen LogP) is 4.91. The van der Waals surface area contributed by atoms with Gasteiger partial charge in [0, 0.05) is 25.3 Å². The molecule has 186 valence electrons. The number of halogens is 3. The SMILES string of the molecule is C=CC(=O)N1CCCC(NC(=O)c2sc3nccc4c3c2NC(=O)N4c2cccc(C(F)(F)F)c2)C1. The van der Waals surface area contributed by atoms with Crippen molar-refractivity contribution in [1.82, 2.24) is 15.2 Å². The highest BCUT2D eigenvalue weighted by Crippen LogP contribution is 2.46. The molecule has 0 radical (unpaired) electrons. The first kappa shape index (κ1) is 23.8. The number of likely N-dealkylation sites (tertiary alicyclic amines) is 1. The molecule has 2 aliphatic rings. The Hall–Kier alpha value is -3.93. The maximum absolute atomic E-state index is 13.3. The molecule has 12 heteroatoms. The number of pyridine rings is 1. The van der Waals surface area contributed by atoms with Crippen LogP contribution in [0.15, 0.2) is 49.2 Å². The van der Waals surface area contributed by atoms with Crippen molar-refractivity contribution >= 4 is 56.5 Å². The Balaban J connectivity index is 1.48. The van der Waals surface area contributed by atoms with E-state index >= 15 is 0 Å². The smallest absolute Gasteiger partial charge is 0.347 e. The van der Waals surface area contributed by atoms with E-state index in [1.54, 1.807) is 4.90 Å². The van der Waals surface area contributed by atoms with Crippen LogP contribution in [0.5, 0.6) is 0 Å². The van der Waals surface area contributed by atoms with Gasteiger partial charge >= 0.3 is 12.2 Å². The maximum atomic E-state index is 13.3. The van der Waals surface area contributed by atoms with Crippen LogP contribution in [0.25, 0.3) is 10.2 Å². The van der Waals surface area contributed by atoms with Gasteiger partial charge in [0.25, 0.3) is 5.91 Å². The molecule has 0 aliphatic carbocycles. The molecule has 3 aromatic rings. The zero-order valence-electron chi connectivity index (χ0n) is 18.8. The number of benzene rings is 1. The summed E-state index contributed by atoms with van der Waals surface area (Å²) in [5.41, 5.74) is -0.259. The Morgan fingerprint density at radius 3 is 2.83 bits per heavy atom. The van der Waals surface area contributed by atoms with Gasteiger partial charge in [-0.3, -0.25) is 14.5 Å². The van der Waals surface area contributed by atoms with Crippen LogP contribution in [0.4, 0.5) is 35.0 Å². The molecule has 1 atom stereocenters. The number of thiophene rings is 1. The van der Waals surface area contributed by atoms with Crippen molar-refractivity contribution in [1.29, 1.82) is 0 Å². The first-order chi connectivity index (χ1) is 17.2. The van der Waals surface area contributed by atoms with E-state index in [1.165, 1.54) is 30.5 Å². The summed E-state index contributed by atoms with van der Waals surface area (Å²) in [4.78, 5) is 46.0. The minimum absolute atomic E-state index is 0.0341. The van der Waals surface area contributed by atoms with E-state index in [0.717, 1.165) is 34.8 Å². The lowest BCUT2D eigenvalue weighted by Crippen LogP contribution is -2.49. The van der Waals surface area contributed by atoms with Gasteiger partial charge in [0.2, 0.25) is 5.91 Å². The van der Waals surface area contributed by atoms with Crippen molar-refractivity contribution in [2.24, 2.45) is 0 Å². The second-order valence-electron chi connectivity index (χ2n) is 8.43. The Morgan fingerprint density at radius 2 is 2.08 bits per heavy atom. The van der Waals surface area contributed by atoms with E-state index in [0.29, 0.717) is 35.4 Å². The number of anilines is 3. The summed E-state index contributed by atoms with van der Waals surface area (Å²) in [6, 6.07) is 5.03. The number of piperidine rings is 1. The zero-order chi connectivity index (χ0) is 25.6. The van der Waals surface area contributed by atoms with E-state index in [4.69, 9.17) is 0 Å². The molecule has 1 fully saturated rings. The molecule has 0 bridgehead atoms. The molecule has 2 aliphatic heterocycles. The van der Waals surface area contributed by atoms with Crippen LogP contribution in [-0.2, 0) is 11.0 Å². The standard InChI is InChI=1S/C24H20F3N5O3S/c1-2-17(33)31-10-4-6-14(12-31)29-21(34)20-19-18-16(8-9-28-22(18)36-20)32(23(35)30-19)15-7-3-5-13(11-15)24(25,26)27/h2-3,5,7-9,11,14H,1,4,6,10,12H2,(H,29,34)(H,30,35). The maximum Gasteiger partial charge on any atom is 0.416 e. The van der Waals surface area contributed by atoms with Crippen molar-refractivity contribution in [3.05, 3.63) is 59.6 Å². The number of rotatable bonds is 4. The Labute approximate surface area is 207 Å². The van der Waals surface area contributed by atoms with Crippen molar-refractivity contribution in [2.75, 3.05) is 23.3 Å². The van der Waals surface area contributed by atoms with Gasteiger partial charge < -0.3 is 15.5 Å². The molecule has 1 aromatic carbocycles. The molecule has 4 heterocycles. The summed E-state index contributed by atoms with van der Waals surface area (Å²) in [7, 11) is 0. The summed E-state index contributed by atoms with van der Waals surface area (Å²) in [5, 5.41) is 6.07. The van der Waals surface area contributed by atoms with Crippen LogP contribution >= 0.6 is 11.3 Å². The number of hydrogen-bond acceptors (Lipinski definition) is 5. The quantitative estimate of drug-likeness (QED) is 0.483. The molecule has 2 N–H and O–H groups in total. The fourth-order valence-corrected chi connectivity index (χ4v) is 5.52. The number of alkyl halides is 3. The molecule has 8 nitrogen and oxygen atoms in total. The van der Waals surface area contributed by atoms with Gasteiger partial charge in [0.15, 0.2) is 0 Å². The van der Waals surface area contributed by atoms with Gasteiger partial charge in [-0.2, -0.15) is 13.2 Å². The van der Waals surface area contributed by atoms with Gasteiger partial charge in [0.1, 0.15) is 9.71 Å². The number of urea groups is 1. The third-order valence-corrected chi connectivity index (χ3v) is 7.22. The highest BCUT2D eigenvalue weighted by molar-refractivity contribution is 7.21. The minimum atomic E-state index is -4.57. The summed E-state index contributed by atoms with van der Waals surface area (Å²) >= 11 is 1.08.